The third-order valence-electron chi connectivity index (χ3n) is 7.05. The molecule has 1 saturated heterocycles. The van der Waals surface area contributed by atoms with Crippen LogP contribution in [0.3, 0.4) is 0 Å². The fraction of sp³-hybridized carbons (Fsp3) is 0.300. The van der Waals surface area contributed by atoms with Crippen molar-refractivity contribution in [3.8, 4) is 23.5 Å². The van der Waals surface area contributed by atoms with Gasteiger partial charge in [-0.05, 0) is 83.6 Å². The zero-order valence-electron chi connectivity index (χ0n) is 21.7. The van der Waals surface area contributed by atoms with Crippen LogP contribution in [0.15, 0.2) is 66.7 Å². The summed E-state index contributed by atoms with van der Waals surface area (Å²) in [7, 11) is 1.63. The number of aromatic nitrogens is 4. The second-order valence-corrected chi connectivity index (χ2v) is 10.4. The predicted molar refractivity (Wildman–Crippen MR) is 141 cm³/mol. The van der Waals surface area contributed by atoms with Crippen LogP contribution in [0, 0.1) is 34.4 Å². The molecule has 5 rings (SSSR count). The molecule has 1 aliphatic heterocycles. The van der Waals surface area contributed by atoms with Crippen LogP contribution >= 0.6 is 0 Å². The Hall–Kier alpha value is -4.47. The van der Waals surface area contributed by atoms with Crippen LogP contribution in [0.25, 0.3) is 11.4 Å². The van der Waals surface area contributed by atoms with Crippen molar-refractivity contribution < 1.29 is 8.78 Å². The van der Waals surface area contributed by atoms with Gasteiger partial charge in [-0.3, -0.25) is 4.90 Å². The molecule has 1 aliphatic rings. The Morgan fingerprint density at radius 1 is 1.00 bits per heavy atom. The number of rotatable bonds is 8. The first-order valence-electron chi connectivity index (χ1n) is 12.7. The number of tetrazole rings is 1. The van der Waals surface area contributed by atoms with Crippen LogP contribution in [0.4, 0.5) is 8.78 Å². The molecule has 9 heteroatoms. The molecule has 0 spiro atoms. The second-order valence-electron chi connectivity index (χ2n) is 10.4. The summed E-state index contributed by atoms with van der Waals surface area (Å²) >= 11 is 0. The molecule has 0 N–H and O–H groups in total. The van der Waals surface area contributed by atoms with E-state index in [1.165, 1.54) is 16.9 Å². The topological polar surface area (TPSA) is 94.4 Å². The molecule has 0 radical (unpaired) electrons. The molecule has 0 amide bonds. The highest BCUT2D eigenvalue weighted by Crippen LogP contribution is 2.39. The van der Waals surface area contributed by atoms with E-state index in [2.05, 4.69) is 32.4 Å². The SMILES string of the molecule is Cn1nnc(-c2cc(F)cc(CC(C)(F)CC3CN(C(c4ccc(C#N)cc4)c4cccc(C#N)c4)C3)c2)n1. The molecule has 3 aromatic carbocycles. The number of hydrogen-bond acceptors (Lipinski definition) is 6. The van der Waals surface area contributed by atoms with E-state index in [-0.39, 0.29) is 18.4 Å². The average Bonchev–Trinajstić information content (AvgIpc) is 3.33. The van der Waals surface area contributed by atoms with Gasteiger partial charge in [-0.1, -0.05) is 24.3 Å². The number of nitrogens with zero attached hydrogens (tertiary/aromatic N) is 7. The van der Waals surface area contributed by atoms with Crippen molar-refractivity contribution in [2.24, 2.45) is 13.0 Å². The lowest BCUT2D eigenvalue weighted by Gasteiger charge is -2.46. The van der Waals surface area contributed by atoms with Crippen molar-refractivity contribution in [2.75, 3.05) is 13.1 Å². The number of alkyl halides is 1. The summed E-state index contributed by atoms with van der Waals surface area (Å²) in [4.78, 5) is 3.56. The van der Waals surface area contributed by atoms with Gasteiger partial charge in [-0.15, -0.1) is 10.2 Å². The molecule has 1 aromatic heterocycles. The highest BCUT2D eigenvalue weighted by Gasteiger charge is 2.38. The van der Waals surface area contributed by atoms with Crippen molar-refractivity contribution in [1.29, 1.82) is 10.5 Å². The Balaban J connectivity index is 1.29. The number of nitriles is 2. The summed E-state index contributed by atoms with van der Waals surface area (Å²) in [6.45, 7) is 2.92. The number of halogens is 2. The highest BCUT2D eigenvalue weighted by molar-refractivity contribution is 5.55. The first kappa shape index (κ1) is 26.1. The van der Waals surface area contributed by atoms with Crippen LogP contribution in [-0.4, -0.2) is 43.9 Å². The zero-order valence-corrected chi connectivity index (χ0v) is 21.7. The maximum absolute atomic E-state index is 15.8. The van der Waals surface area contributed by atoms with Gasteiger partial charge in [0, 0.05) is 25.1 Å². The molecule has 2 heterocycles. The number of aryl methyl sites for hydroxylation is 1. The van der Waals surface area contributed by atoms with Gasteiger partial charge in [0.05, 0.1) is 36.4 Å². The van der Waals surface area contributed by atoms with E-state index in [1.54, 1.807) is 38.2 Å². The number of hydrogen-bond donors (Lipinski definition) is 0. The molecule has 1 fully saturated rings. The Morgan fingerprint density at radius 2 is 1.74 bits per heavy atom. The van der Waals surface area contributed by atoms with Gasteiger partial charge in [0.2, 0.25) is 5.82 Å². The largest absolute Gasteiger partial charge is 0.292 e. The van der Waals surface area contributed by atoms with Crippen molar-refractivity contribution >= 4 is 0 Å². The lowest BCUT2D eigenvalue weighted by Crippen LogP contribution is -2.50. The second kappa shape index (κ2) is 10.7. The lowest BCUT2D eigenvalue weighted by molar-refractivity contribution is 0.0238. The quantitative estimate of drug-likeness (QED) is 0.317. The van der Waals surface area contributed by atoms with Crippen LogP contribution in [0.5, 0.6) is 0 Å². The first-order chi connectivity index (χ1) is 18.7. The average molecular weight is 524 g/mol. The summed E-state index contributed by atoms with van der Waals surface area (Å²) in [6.07, 6.45) is 0.398. The summed E-state index contributed by atoms with van der Waals surface area (Å²) in [5, 5.41) is 30.4. The van der Waals surface area contributed by atoms with E-state index in [0.717, 1.165) is 11.1 Å². The van der Waals surface area contributed by atoms with E-state index in [1.807, 2.05) is 30.3 Å². The molecule has 4 aromatic rings. The normalized spacial score (nSPS) is 16.1. The van der Waals surface area contributed by atoms with Crippen molar-refractivity contribution in [3.63, 3.8) is 0 Å². The first-order valence-corrected chi connectivity index (χ1v) is 12.7. The Kier molecular flexibility index (Phi) is 7.19. The van der Waals surface area contributed by atoms with Gasteiger partial charge >= 0.3 is 0 Å². The van der Waals surface area contributed by atoms with Crippen LogP contribution < -0.4 is 0 Å². The molecule has 0 bridgehead atoms. The van der Waals surface area contributed by atoms with Crippen LogP contribution in [0.1, 0.15) is 47.2 Å². The van der Waals surface area contributed by atoms with Crippen LogP contribution in [0.2, 0.25) is 0 Å². The molecule has 196 valence electrons. The zero-order chi connectivity index (χ0) is 27.6. The molecular weight excluding hydrogens is 496 g/mol. The summed E-state index contributed by atoms with van der Waals surface area (Å²) < 4.78 is 30.2. The third-order valence-corrected chi connectivity index (χ3v) is 7.05. The fourth-order valence-corrected chi connectivity index (χ4v) is 5.46. The highest BCUT2D eigenvalue weighted by atomic mass is 19.1. The maximum atomic E-state index is 15.8. The van der Waals surface area contributed by atoms with Crippen LogP contribution in [-0.2, 0) is 13.5 Å². The van der Waals surface area contributed by atoms with E-state index in [4.69, 9.17) is 0 Å². The Bertz CT molecular complexity index is 1560. The van der Waals surface area contributed by atoms with Gasteiger partial charge in [0.1, 0.15) is 11.5 Å². The molecule has 2 unspecified atom stereocenters. The van der Waals surface area contributed by atoms with Crippen molar-refractivity contribution in [2.45, 2.75) is 31.5 Å². The van der Waals surface area contributed by atoms with Gasteiger partial charge in [-0.2, -0.15) is 15.3 Å². The minimum absolute atomic E-state index is 0.0672. The predicted octanol–water partition coefficient (Wildman–Crippen LogP) is 5.14. The number of likely N-dealkylation sites (tertiary alicyclic amines) is 1. The van der Waals surface area contributed by atoms with E-state index < -0.39 is 11.5 Å². The number of benzene rings is 3. The monoisotopic (exact) mass is 523 g/mol. The summed E-state index contributed by atoms with van der Waals surface area (Å²) in [6, 6.07) is 23.6. The minimum atomic E-state index is -1.54. The lowest BCUT2D eigenvalue weighted by atomic mass is 9.82. The van der Waals surface area contributed by atoms with Gasteiger partial charge < -0.3 is 0 Å². The Morgan fingerprint density at radius 3 is 2.41 bits per heavy atom. The van der Waals surface area contributed by atoms with Crippen molar-refractivity contribution in [3.05, 3.63) is 100 Å². The van der Waals surface area contributed by atoms with E-state index in [9.17, 15) is 14.9 Å². The third kappa shape index (κ3) is 6.00. The maximum Gasteiger partial charge on any atom is 0.205 e. The molecular formula is C30H27F2N7. The van der Waals surface area contributed by atoms with E-state index >= 15 is 4.39 Å². The molecule has 7 nitrogen and oxygen atoms in total. The fourth-order valence-electron chi connectivity index (χ4n) is 5.46. The summed E-state index contributed by atoms with van der Waals surface area (Å²) in [5.74, 6) is -0.0529. The smallest absolute Gasteiger partial charge is 0.205 e. The van der Waals surface area contributed by atoms with E-state index in [0.29, 0.717) is 47.6 Å². The van der Waals surface area contributed by atoms with Gasteiger partial charge in [0.15, 0.2) is 0 Å². The van der Waals surface area contributed by atoms with Crippen molar-refractivity contribution in [1.82, 2.24) is 25.1 Å². The minimum Gasteiger partial charge on any atom is -0.292 e. The molecule has 0 saturated carbocycles. The summed E-state index contributed by atoms with van der Waals surface area (Å²) in [5.41, 5.74) is 2.61. The standard InChI is InChI=1S/C30H27F2N7/c1-30(32,14-22-11-26(13-27(31)12-22)29-35-37-38(2)36-29)15-23-18-39(19-23)28(24-8-6-20(16-33)7-9-24)25-5-3-4-21(10-25)17-34/h3-13,23,28H,14-15,18-19H2,1-2H3. The Labute approximate surface area is 225 Å². The molecule has 2 atom stereocenters. The molecule has 0 aliphatic carbocycles. The molecule has 39 heavy (non-hydrogen) atoms. The van der Waals surface area contributed by atoms with Gasteiger partial charge in [-0.25, -0.2) is 8.78 Å². The van der Waals surface area contributed by atoms with Gasteiger partial charge in [0.25, 0.3) is 0 Å².